The molecule has 0 bridgehead atoms. The lowest BCUT2D eigenvalue weighted by molar-refractivity contribution is -0.159. The Kier molecular flexibility index (Phi) is 25.5. The third kappa shape index (κ3) is 20.5. The summed E-state index contributed by atoms with van der Waals surface area (Å²) in [6.07, 6.45) is 36.4. The minimum atomic E-state index is -0.485. The van der Waals surface area contributed by atoms with Gasteiger partial charge in [0.05, 0.1) is 25.0 Å². The summed E-state index contributed by atoms with van der Waals surface area (Å²) in [5.41, 5.74) is 0. The Bertz CT molecular complexity index is 614. The molecule has 0 spiro atoms. The normalized spacial score (nSPS) is 16.8. The minimum absolute atomic E-state index is 0.223. The highest BCUT2D eigenvalue weighted by Gasteiger charge is 2.35. The molecule has 0 aromatic heterocycles. The minimum Gasteiger partial charge on any atom is -0.465 e. The maximum absolute atomic E-state index is 12.7. The summed E-state index contributed by atoms with van der Waals surface area (Å²) in [7, 11) is 0. The van der Waals surface area contributed by atoms with Crippen LogP contribution >= 0.6 is 0 Å². The summed E-state index contributed by atoms with van der Waals surface area (Å²) in [6, 6.07) is 0. The molecule has 0 saturated carbocycles. The van der Waals surface area contributed by atoms with Gasteiger partial charge in [0.2, 0.25) is 0 Å². The molecule has 0 aromatic carbocycles. The van der Waals surface area contributed by atoms with Crippen LogP contribution < -0.4 is 0 Å². The van der Waals surface area contributed by atoms with E-state index in [1.54, 1.807) is 0 Å². The molecule has 1 aliphatic carbocycles. The molecule has 40 heavy (non-hydrogen) atoms. The number of hydrogen-bond acceptors (Lipinski definition) is 4. The zero-order chi connectivity index (χ0) is 28.9. The van der Waals surface area contributed by atoms with Crippen molar-refractivity contribution in [2.45, 2.75) is 181 Å². The smallest absolute Gasteiger partial charge is 0.313 e. The lowest BCUT2D eigenvalue weighted by atomic mass is 9.84. The molecule has 0 aliphatic heterocycles. The largest absolute Gasteiger partial charge is 0.465 e. The highest BCUT2D eigenvalue weighted by atomic mass is 16.5. The van der Waals surface area contributed by atoms with Gasteiger partial charge in [-0.05, 0) is 25.7 Å². The molecule has 234 valence electrons. The molecular formula is C36H66O4. The van der Waals surface area contributed by atoms with Gasteiger partial charge in [-0.2, -0.15) is 0 Å². The second-order valence-corrected chi connectivity index (χ2v) is 12.3. The fourth-order valence-electron chi connectivity index (χ4n) is 5.77. The Balaban J connectivity index is 2.00. The van der Waals surface area contributed by atoms with Gasteiger partial charge in [-0.1, -0.05) is 167 Å². The SMILES string of the molecule is CCCCCCCCCCCCCCCCCCOC(=O)C1CCC=CC1C(=O)OCCCCCCCCCC. The number of allylic oxidation sites excluding steroid dienone is 1. The predicted molar refractivity (Wildman–Crippen MR) is 169 cm³/mol. The molecule has 0 fully saturated rings. The van der Waals surface area contributed by atoms with E-state index < -0.39 is 11.8 Å². The molecule has 0 heterocycles. The number of hydrogen-bond donors (Lipinski definition) is 0. The van der Waals surface area contributed by atoms with E-state index in [1.807, 2.05) is 12.2 Å². The number of carbonyl (C=O) groups is 2. The number of rotatable bonds is 28. The second kappa shape index (κ2) is 27.8. The van der Waals surface area contributed by atoms with E-state index >= 15 is 0 Å². The van der Waals surface area contributed by atoms with Crippen molar-refractivity contribution < 1.29 is 19.1 Å². The van der Waals surface area contributed by atoms with Crippen LogP contribution in [0.15, 0.2) is 12.2 Å². The maximum Gasteiger partial charge on any atom is 0.313 e. The Morgan fingerprint density at radius 2 is 0.875 bits per heavy atom. The van der Waals surface area contributed by atoms with E-state index in [-0.39, 0.29) is 11.9 Å². The van der Waals surface area contributed by atoms with Crippen LogP contribution in [0, 0.1) is 11.8 Å². The Morgan fingerprint density at radius 3 is 1.27 bits per heavy atom. The molecule has 0 aromatic rings. The quantitative estimate of drug-likeness (QED) is 0.0540. The van der Waals surface area contributed by atoms with Crippen LogP contribution in [0.2, 0.25) is 0 Å². The van der Waals surface area contributed by atoms with Crippen LogP contribution in [0.4, 0.5) is 0 Å². The summed E-state index contributed by atoms with van der Waals surface area (Å²) < 4.78 is 11.1. The third-order valence-corrected chi connectivity index (χ3v) is 8.48. The van der Waals surface area contributed by atoms with Gasteiger partial charge in [0, 0.05) is 0 Å². The van der Waals surface area contributed by atoms with Gasteiger partial charge in [-0.15, -0.1) is 0 Å². The summed E-state index contributed by atoms with van der Waals surface area (Å²) in [4.78, 5) is 25.4. The molecule has 0 saturated heterocycles. The van der Waals surface area contributed by atoms with Gasteiger partial charge in [0.25, 0.3) is 0 Å². The van der Waals surface area contributed by atoms with E-state index in [9.17, 15) is 9.59 Å². The molecule has 0 radical (unpaired) electrons. The summed E-state index contributed by atoms with van der Waals surface area (Å²) in [5, 5.41) is 0. The van der Waals surface area contributed by atoms with Gasteiger partial charge in [-0.3, -0.25) is 9.59 Å². The Hall–Kier alpha value is -1.32. The van der Waals surface area contributed by atoms with Crippen molar-refractivity contribution in [3.05, 3.63) is 12.2 Å². The first-order valence-electron chi connectivity index (χ1n) is 17.7. The third-order valence-electron chi connectivity index (χ3n) is 8.48. The highest BCUT2D eigenvalue weighted by Crippen LogP contribution is 2.27. The highest BCUT2D eigenvalue weighted by molar-refractivity contribution is 5.83. The fraction of sp³-hybridized carbons (Fsp3) is 0.889. The van der Waals surface area contributed by atoms with E-state index in [1.165, 1.54) is 128 Å². The predicted octanol–water partition coefficient (Wildman–Crippen LogP) is 11.1. The van der Waals surface area contributed by atoms with Gasteiger partial charge in [0.1, 0.15) is 0 Å². The summed E-state index contributed by atoms with van der Waals surface area (Å²) >= 11 is 0. The van der Waals surface area contributed by atoms with E-state index in [0.29, 0.717) is 19.6 Å². The van der Waals surface area contributed by atoms with E-state index in [2.05, 4.69) is 13.8 Å². The first kappa shape index (κ1) is 36.7. The van der Waals surface area contributed by atoms with E-state index in [0.717, 1.165) is 32.1 Å². The van der Waals surface area contributed by atoms with Crippen LogP contribution in [-0.4, -0.2) is 25.2 Å². The van der Waals surface area contributed by atoms with Crippen molar-refractivity contribution in [1.82, 2.24) is 0 Å². The molecule has 1 rings (SSSR count). The second-order valence-electron chi connectivity index (χ2n) is 12.3. The molecule has 4 heteroatoms. The van der Waals surface area contributed by atoms with Gasteiger partial charge >= 0.3 is 11.9 Å². The lowest BCUT2D eigenvalue weighted by Gasteiger charge is -2.24. The van der Waals surface area contributed by atoms with Crippen LogP contribution in [0.1, 0.15) is 181 Å². The van der Waals surface area contributed by atoms with Gasteiger partial charge < -0.3 is 9.47 Å². The molecule has 0 N–H and O–H groups in total. The molecule has 0 amide bonds. The maximum atomic E-state index is 12.7. The zero-order valence-corrected chi connectivity index (χ0v) is 26.7. The lowest BCUT2D eigenvalue weighted by Crippen LogP contribution is -2.33. The Labute approximate surface area is 248 Å². The van der Waals surface area contributed by atoms with Gasteiger partial charge in [0.15, 0.2) is 0 Å². The van der Waals surface area contributed by atoms with Gasteiger partial charge in [-0.25, -0.2) is 0 Å². The fourth-order valence-corrected chi connectivity index (χ4v) is 5.77. The van der Waals surface area contributed by atoms with Crippen molar-refractivity contribution in [1.29, 1.82) is 0 Å². The number of ether oxygens (including phenoxy) is 2. The molecule has 1 aliphatic rings. The summed E-state index contributed by atoms with van der Waals surface area (Å²) in [6.45, 7) is 5.45. The summed E-state index contributed by atoms with van der Waals surface area (Å²) in [5.74, 6) is -1.36. The van der Waals surface area contributed by atoms with Crippen LogP contribution in [-0.2, 0) is 19.1 Å². The van der Waals surface area contributed by atoms with Crippen molar-refractivity contribution in [2.24, 2.45) is 11.8 Å². The first-order valence-corrected chi connectivity index (χ1v) is 17.7. The van der Waals surface area contributed by atoms with Crippen LogP contribution in [0.5, 0.6) is 0 Å². The number of carbonyl (C=O) groups excluding carboxylic acids is 2. The van der Waals surface area contributed by atoms with Crippen molar-refractivity contribution in [2.75, 3.05) is 13.2 Å². The van der Waals surface area contributed by atoms with Crippen molar-refractivity contribution in [3.63, 3.8) is 0 Å². The standard InChI is InChI=1S/C36H66O4/c1-3-5-7-9-11-13-14-15-16-17-18-19-20-22-24-28-32-40-36(38)34-30-26-25-29-33(34)35(37)39-31-27-23-21-12-10-8-6-4-2/h25,29,33-34H,3-24,26-28,30-32H2,1-2H3. The molecule has 2 atom stereocenters. The van der Waals surface area contributed by atoms with Crippen molar-refractivity contribution in [3.8, 4) is 0 Å². The average Bonchev–Trinajstić information content (AvgIpc) is 2.97. The topological polar surface area (TPSA) is 52.6 Å². The molecule has 4 nitrogen and oxygen atoms in total. The van der Waals surface area contributed by atoms with Crippen LogP contribution in [0.3, 0.4) is 0 Å². The van der Waals surface area contributed by atoms with Crippen molar-refractivity contribution >= 4 is 11.9 Å². The monoisotopic (exact) mass is 562 g/mol. The first-order chi connectivity index (χ1) is 19.7. The zero-order valence-electron chi connectivity index (χ0n) is 26.7. The van der Waals surface area contributed by atoms with Crippen LogP contribution in [0.25, 0.3) is 0 Å². The number of unbranched alkanes of at least 4 members (excludes halogenated alkanes) is 22. The number of esters is 2. The molecule has 2 unspecified atom stereocenters. The Morgan fingerprint density at radius 1 is 0.525 bits per heavy atom. The molecular weight excluding hydrogens is 496 g/mol. The van der Waals surface area contributed by atoms with E-state index in [4.69, 9.17) is 9.47 Å². The average molecular weight is 563 g/mol.